The van der Waals surface area contributed by atoms with Crippen LogP contribution >= 0.6 is 46.3 Å². The first-order valence-corrected chi connectivity index (χ1v) is 23.1. The van der Waals surface area contributed by atoms with Crippen LogP contribution in [0.1, 0.15) is 52.8 Å². The molecule has 4 rings (SSSR count). The van der Waals surface area contributed by atoms with E-state index in [4.69, 9.17) is 54.7 Å². The van der Waals surface area contributed by atoms with Crippen LogP contribution in [0.15, 0.2) is 40.7 Å². The van der Waals surface area contributed by atoms with Crippen molar-refractivity contribution in [3.63, 3.8) is 0 Å². The summed E-state index contributed by atoms with van der Waals surface area (Å²) in [6.07, 6.45) is -2.38. The molecule has 1 aromatic carbocycles. The highest BCUT2D eigenvalue weighted by molar-refractivity contribution is 8.00. The molecule has 2 radical (unpaired) electrons. The summed E-state index contributed by atoms with van der Waals surface area (Å²) in [7, 11) is 4.30. The molecule has 22 heteroatoms. The largest absolute Gasteiger partial charge is 0.541 e. The van der Waals surface area contributed by atoms with Crippen molar-refractivity contribution in [2.24, 2.45) is 5.16 Å². The monoisotopic (exact) mass is 883 g/mol. The Bertz CT molecular complexity index is 1920. The van der Waals surface area contributed by atoms with Gasteiger partial charge in [-0.15, -0.1) is 23.4 Å². The van der Waals surface area contributed by atoms with Crippen LogP contribution in [0.3, 0.4) is 0 Å². The van der Waals surface area contributed by atoms with Gasteiger partial charge in [-0.25, -0.2) is 19.4 Å². The van der Waals surface area contributed by atoms with Crippen molar-refractivity contribution in [2.75, 3.05) is 30.7 Å². The molecule has 0 aliphatic carbocycles. The van der Waals surface area contributed by atoms with Gasteiger partial charge in [-0.2, -0.15) is 0 Å². The number of aromatic nitrogens is 1. The normalized spacial score (nSPS) is 17.8. The zero-order valence-electron chi connectivity index (χ0n) is 32.9. The van der Waals surface area contributed by atoms with Gasteiger partial charge in [-0.05, 0) is 62.2 Å². The highest BCUT2D eigenvalue weighted by Crippen LogP contribution is 2.41. The number of nitrogens with one attached hydrogen (secondary N) is 2. The van der Waals surface area contributed by atoms with Crippen LogP contribution in [-0.2, 0) is 49.2 Å². The second-order valence-electron chi connectivity index (χ2n) is 15.2. The van der Waals surface area contributed by atoms with Crippen molar-refractivity contribution >= 4 is 103 Å². The molecule has 1 saturated heterocycles. The highest BCUT2D eigenvalue weighted by atomic mass is 35.5. The lowest BCUT2D eigenvalue weighted by Gasteiger charge is -2.49. The summed E-state index contributed by atoms with van der Waals surface area (Å²) >= 11 is 14.8. The third-order valence-electron chi connectivity index (χ3n) is 8.90. The van der Waals surface area contributed by atoms with Crippen LogP contribution in [0.4, 0.5) is 9.93 Å². The number of carbonyl (C=O) groups excluding carboxylic acids is 5. The minimum Gasteiger partial charge on any atom is -0.541 e. The molecule has 2 aliphatic heterocycles. The summed E-state index contributed by atoms with van der Waals surface area (Å²) in [4.78, 5) is 77.5. The van der Waals surface area contributed by atoms with E-state index in [-0.39, 0.29) is 50.7 Å². The number of ether oxygens (including phenoxy) is 3. The number of rotatable bonds is 15. The minimum atomic E-state index is -2.43. The summed E-state index contributed by atoms with van der Waals surface area (Å²) in [6, 6.07) is 5.74. The maximum atomic E-state index is 14.1. The van der Waals surface area contributed by atoms with E-state index in [0.29, 0.717) is 16.9 Å². The van der Waals surface area contributed by atoms with Gasteiger partial charge in [0.05, 0.1) is 13.7 Å². The van der Waals surface area contributed by atoms with Crippen LogP contribution in [0.25, 0.3) is 0 Å². The van der Waals surface area contributed by atoms with Gasteiger partial charge in [0, 0.05) is 11.6 Å². The third kappa shape index (κ3) is 11.4. The number of amides is 3. The average Bonchev–Trinajstić information content (AvgIpc) is 3.50. The van der Waals surface area contributed by atoms with E-state index in [9.17, 15) is 24.0 Å². The van der Waals surface area contributed by atoms with Crippen LogP contribution < -0.4 is 15.4 Å². The second kappa shape index (κ2) is 18.8. The number of benzene rings is 1. The molecule has 2 unspecified atom stereocenters. The van der Waals surface area contributed by atoms with Crippen LogP contribution in [-0.4, -0.2) is 110 Å². The fourth-order valence-corrected chi connectivity index (χ4v) is 8.55. The SMILES string of the molecule is [B]OC(=O)[C@H](CO[Si](C)(C)C(C)(C)C)O/N=C(\C(=O)NC1C(=O)N2C(C(=O)OCc3ccc(OC)cc3)=C(CCl)CSC12)c1nc(NC(=O)OC(C)(C)C)sc1Cl. The molecule has 3 heterocycles. The maximum absolute atomic E-state index is 14.1. The standard InChI is InChI=1S/C35H44BCl2N5O11S2Si/c1-34(2,3)52-33(48)41-32-40-22(26(38)56-32)23(42-54-21(30(46)53-36)16-51-57(8,9)35(4,5)6)27(44)39-24-28(45)43-25(19(14-37)17-55-29(24)43)31(47)50-15-18-10-12-20(49-7)13-11-18/h10-13,21,24,29H,14-17H2,1-9H3,(H,39,44)(H,40,41,48)/b42-23-/t21-,24?,29?/m0/s1. The molecule has 16 nitrogen and oxygen atoms in total. The number of halogens is 2. The predicted octanol–water partition coefficient (Wildman–Crippen LogP) is 5.53. The van der Waals surface area contributed by atoms with E-state index in [1.54, 1.807) is 45.0 Å². The van der Waals surface area contributed by atoms with E-state index < -0.39 is 67.0 Å². The lowest BCUT2D eigenvalue weighted by Crippen LogP contribution is -2.71. The van der Waals surface area contributed by atoms with Crippen molar-refractivity contribution in [3.8, 4) is 5.75 Å². The maximum Gasteiger partial charge on any atom is 0.413 e. The van der Waals surface area contributed by atoms with Crippen LogP contribution in [0, 0.1) is 0 Å². The van der Waals surface area contributed by atoms with E-state index in [0.717, 1.165) is 11.3 Å². The summed E-state index contributed by atoms with van der Waals surface area (Å²) < 4.78 is 26.5. The molecular weight excluding hydrogens is 840 g/mol. The third-order valence-corrected chi connectivity index (χ3v) is 16.2. The molecule has 57 heavy (non-hydrogen) atoms. The quantitative estimate of drug-likeness (QED) is 0.0568. The number of fused-ring (bicyclic) bond motifs is 1. The number of hydrogen-bond donors (Lipinski definition) is 2. The number of thiazole rings is 1. The number of esters is 1. The summed E-state index contributed by atoms with van der Waals surface area (Å²) in [5, 5.41) is 8.01. The van der Waals surface area contributed by atoms with E-state index in [1.165, 1.54) is 23.8 Å². The zero-order valence-corrected chi connectivity index (χ0v) is 37.0. The van der Waals surface area contributed by atoms with Crippen molar-refractivity contribution in [1.29, 1.82) is 0 Å². The van der Waals surface area contributed by atoms with Crippen molar-refractivity contribution in [2.45, 2.75) is 89.4 Å². The van der Waals surface area contributed by atoms with Gasteiger partial charge in [-0.3, -0.25) is 19.8 Å². The van der Waals surface area contributed by atoms with Gasteiger partial charge in [0.2, 0.25) is 6.10 Å². The predicted molar refractivity (Wildman–Crippen MR) is 219 cm³/mol. The molecule has 0 bridgehead atoms. The van der Waals surface area contributed by atoms with Gasteiger partial charge in [0.1, 0.15) is 45.1 Å². The number of thioether (sulfide) groups is 1. The first-order valence-electron chi connectivity index (χ1n) is 17.4. The Hall–Kier alpha value is -3.82. The molecule has 0 saturated carbocycles. The number of methoxy groups -OCH3 is 1. The number of alkyl halides is 1. The van der Waals surface area contributed by atoms with Gasteiger partial charge >= 0.3 is 26.1 Å². The zero-order chi connectivity index (χ0) is 42.5. The summed E-state index contributed by atoms with van der Waals surface area (Å²) in [5.41, 5.74) is -0.516. The first-order chi connectivity index (χ1) is 26.6. The van der Waals surface area contributed by atoms with E-state index in [2.05, 4.69) is 25.4 Å². The average molecular weight is 885 g/mol. The van der Waals surface area contributed by atoms with Crippen LogP contribution in [0.5, 0.6) is 5.75 Å². The number of oxime groups is 1. The molecule has 2 aromatic rings. The topological polar surface area (TPSA) is 193 Å². The fraction of sp³-hybridized carbons (Fsp3) is 0.514. The van der Waals surface area contributed by atoms with Crippen molar-refractivity contribution < 1.29 is 52.1 Å². The fourth-order valence-electron chi connectivity index (χ4n) is 4.84. The van der Waals surface area contributed by atoms with Crippen LogP contribution in [0.2, 0.25) is 22.5 Å². The Kier molecular flexibility index (Phi) is 15.2. The molecule has 1 aromatic heterocycles. The lowest BCUT2D eigenvalue weighted by molar-refractivity contribution is -0.153. The lowest BCUT2D eigenvalue weighted by atomic mass is 10.0. The Morgan fingerprint density at radius 1 is 1.12 bits per heavy atom. The number of nitrogens with zero attached hydrogens (tertiary/aromatic N) is 3. The second-order valence-corrected chi connectivity index (χ2v) is 23.0. The van der Waals surface area contributed by atoms with Crippen molar-refractivity contribution in [3.05, 3.63) is 51.1 Å². The first kappa shape index (κ1) is 45.9. The number of carbonyl (C=O) groups is 5. The molecule has 2 aliphatic rings. The minimum absolute atomic E-state index is 0.0136. The van der Waals surface area contributed by atoms with Crippen molar-refractivity contribution in [1.82, 2.24) is 15.2 Å². The van der Waals surface area contributed by atoms with E-state index >= 15 is 0 Å². The number of β-lactam (4-membered cyclic amide) rings is 1. The van der Waals surface area contributed by atoms with Gasteiger partial charge < -0.3 is 33.4 Å². The molecule has 2 N–H and O–H groups in total. The molecule has 3 amide bonds. The van der Waals surface area contributed by atoms with Gasteiger partial charge in [0.15, 0.2) is 19.2 Å². The van der Waals surface area contributed by atoms with Gasteiger partial charge in [-0.1, -0.05) is 61.0 Å². The molecule has 308 valence electrons. The molecule has 1 fully saturated rings. The number of anilines is 1. The Morgan fingerprint density at radius 2 is 1.79 bits per heavy atom. The summed E-state index contributed by atoms with van der Waals surface area (Å²) in [5.74, 6) is -2.60. The summed E-state index contributed by atoms with van der Waals surface area (Å²) in [6.45, 7) is 14.5. The molecule has 0 spiro atoms. The Balaban J connectivity index is 1.60. The Morgan fingerprint density at radius 3 is 2.37 bits per heavy atom. The number of hydrogen-bond acceptors (Lipinski definition) is 15. The van der Waals surface area contributed by atoms with E-state index in [1.807, 2.05) is 33.9 Å². The molecule has 3 atom stereocenters. The highest BCUT2D eigenvalue weighted by Gasteiger charge is 2.55. The molecular formula is C35H44BCl2N5O11S2Si. The Labute approximate surface area is 351 Å². The smallest absolute Gasteiger partial charge is 0.413 e. The van der Waals surface area contributed by atoms with Gasteiger partial charge in [0.25, 0.3) is 11.8 Å².